The topological polar surface area (TPSA) is 75.6 Å². The van der Waals surface area contributed by atoms with Crippen LogP contribution in [0.5, 0.6) is 5.75 Å². The molecular formula is C19H21NO4. The molecule has 24 heavy (non-hydrogen) atoms. The molecule has 2 aromatic rings. The van der Waals surface area contributed by atoms with Gasteiger partial charge in [-0.05, 0) is 29.2 Å². The molecule has 0 fully saturated rings. The van der Waals surface area contributed by atoms with E-state index >= 15 is 0 Å². The third-order valence-corrected chi connectivity index (χ3v) is 3.43. The lowest BCUT2D eigenvalue weighted by molar-refractivity contribution is -0.139. The lowest BCUT2D eigenvalue weighted by Crippen LogP contribution is -2.20. The van der Waals surface area contributed by atoms with Crippen molar-refractivity contribution in [3.63, 3.8) is 0 Å². The van der Waals surface area contributed by atoms with Gasteiger partial charge < -0.3 is 15.2 Å². The fraction of sp³-hybridized carbons (Fsp3) is 0.263. The molecule has 5 heteroatoms. The molecule has 0 saturated heterocycles. The molecule has 0 aliphatic carbocycles. The van der Waals surface area contributed by atoms with E-state index < -0.39 is 12.6 Å². The summed E-state index contributed by atoms with van der Waals surface area (Å²) >= 11 is 0. The van der Waals surface area contributed by atoms with Crippen molar-refractivity contribution in [1.29, 1.82) is 0 Å². The molecule has 0 saturated carbocycles. The predicted molar refractivity (Wildman–Crippen MR) is 92.7 cm³/mol. The number of carboxylic acids is 1. The maximum absolute atomic E-state index is 12.6. The van der Waals surface area contributed by atoms with Crippen LogP contribution < -0.4 is 10.1 Å². The third kappa shape index (κ3) is 4.59. The Morgan fingerprint density at radius 1 is 1.08 bits per heavy atom. The number of hydrogen-bond donors (Lipinski definition) is 2. The highest BCUT2D eigenvalue weighted by Crippen LogP contribution is 2.26. The molecule has 0 unspecified atom stereocenters. The van der Waals surface area contributed by atoms with E-state index in [2.05, 4.69) is 26.1 Å². The van der Waals surface area contributed by atoms with Crippen molar-refractivity contribution < 1.29 is 19.4 Å². The number of amides is 1. The minimum atomic E-state index is -1.05. The molecule has 0 radical (unpaired) electrons. The van der Waals surface area contributed by atoms with E-state index in [1.54, 1.807) is 30.3 Å². The second-order valence-electron chi connectivity index (χ2n) is 6.46. The molecule has 0 bridgehead atoms. The number of carboxylic acid groups (broad SMARTS) is 1. The molecule has 0 aromatic heterocycles. The summed E-state index contributed by atoms with van der Waals surface area (Å²) in [4.78, 5) is 23.2. The summed E-state index contributed by atoms with van der Waals surface area (Å²) in [5.41, 5.74) is 1.97. The fourth-order valence-electron chi connectivity index (χ4n) is 2.34. The lowest BCUT2D eigenvalue weighted by Gasteiger charge is -2.22. The second-order valence-corrected chi connectivity index (χ2v) is 6.46. The largest absolute Gasteiger partial charge is 0.482 e. The van der Waals surface area contributed by atoms with Crippen LogP contribution in [0.25, 0.3) is 0 Å². The van der Waals surface area contributed by atoms with E-state index in [1.807, 2.05) is 18.2 Å². The standard InChI is InChI=1S/C19H21NO4/c1-19(2,3)16-10-5-4-9-15(16)18(23)20-13-7-6-8-14(11-13)24-12-17(21)22/h4-11H,12H2,1-3H3,(H,20,23)(H,21,22). The maximum Gasteiger partial charge on any atom is 0.341 e. The van der Waals surface area contributed by atoms with Crippen LogP contribution in [0.4, 0.5) is 5.69 Å². The van der Waals surface area contributed by atoms with Crippen molar-refractivity contribution in [2.75, 3.05) is 11.9 Å². The molecule has 0 spiro atoms. The van der Waals surface area contributed by atoms with Crippen LogP contribution in [0.3, 0.4) is 0 Å². The number of aliphatic carboxylic acids is 1. The van der Waals surface area contributed by atoms with Gasteiger partial charge in [-0.25, -0.2) is 4.79 Å². The third-order valence-electron chi connectivity index (χ3n) is 3.43. The Balaban J connectivity index is 2.19. The van der Waals surface area contributed by atoms with Crippen molar-refractivity contribution in [3.8, 4) is 5.75 Å². The van der Waals surface area contributed by atoms with E-state index in [4.69, 9.17) is 9.84 Å². The van der Waals surface area contributed by atoms with Crippen molar-refractivity contribution in [2.24, 2.45) is 0 Å². The summed E-state index contributed by atoms with van der Waals surface area (Å²) in [7, 11) is 0. The number of anilines is 1. The first-order chi connectivity index (χ1) is 11.3. The zero-order valence-corrected chi connectivity index (χ0v) is 14.0. The highest BCUT2D eigenvalue weighted by Gasteiger charge is 2.21. The van der Waals surface area contributed by atoms with Crippen LogP contribution in [0.2, 0.25) is 0 Å². The van der Waals surface area contributed by atoms with E-state index in [9.17, 15) is 9.59 Å². The number of ether oxygens (including phenoxy) is 1. The van der Waals surface area contributed by atoms with Crippen LogP contribution in [-0.2, 0) is 10.2 Å². The van der Waals surface area contributed by atoms with Gasteiger partial charge in [-0.1, -0.05) is 45.0 Å². The smallest absolute Gasteiger partial charge is 0.341 e. The van der Waals surface area contributed by atoms with Crippen molar-refractivity contribution >= 4 is 17.6 Å². The molecule has 2 rings (SSSR count). The van der Waals surface area contributed by atoms with Gasteiger partial charge in [0.2, 0.25) is 0 Å². The summed E-state index contributed by atoms with van der Waals surface area (Å²) < 4.78 is 5.12. The van der Waals surface area contributed by atoms with Gasteiger partial charge in [0.05, 0.1) is 0 Å². The summed E-state index contributed by atoms with van der Waals surface area (Å²) in [5, 5.41) is 11.5. The van der Waals surface area contributed by atoms with Crippen molar-refractivity contribution in [1.82, 2.24) is 0 Å². The first-order valence-corrected chi connectivity index (χ1v) is 7.63. The van der Waals surface area contributed by atoms with Crippen LogP contribution >= 0.6 is 0 Å². The zero-order chi connectivity index (χ0) is 17.7. The molecule has 5 nitrogen and oxygen atoms in total. The maximum atomic E-state index is 12.6. The normalized spacial score (nSPS) is 11.0. The van der Waals surface area contributed by atoms with Gasteiger partial charge in [0, 0.05) is 17.3 Å². The number of carbonyl (C=O) groups is 2. The Morgan fingerprint density at radius 3 is 2.46 bits per heavy atom. The van der Waals surface area contributed by atoms with Crippen LogP contribution in [0.15, 0.2) is 48.5 Å². The van der Waals surface area contributed by atoms with Gasteiger partial charge in [-0.3, -0.25) is 4.79 Å². The van der Waals surface area contributed by atoms with Crippen LogP contribution in [0, 0.1) is 0 Å². The Hall–Kier alpha value is -2.82. The van der Waals surface area contributed by atoms with Gasteiger partial charge in [0.15, 0.2) is 6.61 Å². The molecule has 0 atom stereocenters. The van der Waals surface area contributed by atoms with Crippen LogP contribution in [0.1, 0.15) is 36.7 Å². The summed E-state index contributed by atoms with van der Waals surface area (Å²) in [5.74, 6) is -0.876. The van der Waals surface area contributed by atoms with Gasteiger partial charge >= 0.3 is 5.97 Å². The fourth-order valence-corrected chi connectivity index (χ4v) is 2.34. The predicted octanol–water partition coefficient (Wildman–Crippen LogP) is 3.70. The molecule has 2 N–H and O–H groups in total. The summed E-state index contributed by atoms with van der Waals surface area (Å²) in [6.45, 7) is 5.74. The highest BCUT2D eigenvalue weighted by atomic mass is 16.5. The number of rotatable bonds is 5. The number of nitrogens with one attached hydrogen (secondary N) is 1. The second kappa shape index (κ2) is 7.17. The van der Waals surface area contributed by atoms with E-state index in [1.165, 1.54) is 0 Å². The monoisotopic (exact) mass is 327 g/mol. The summed E-state index contributed by atoms with van der Waals surface area (Å²) in [6.07, 6.45) is 0. The first-order valence-electron chi connectivity index (χ1n) is 7.63. The first kappa shape index (κ1) is 17.5. The average molecular weight is 327 g/mol. The lowest BCUT2D eigenvalue weighted by atomic mass is 9.83. The Kier molecular flexibility index (Phi) is 5.24. The highest BCUT2D eigenvalue weighted by molar-refractivity contribution is 6.05. The van der Waals surface area contributed by atoms with Gasteiger partial charge in [-0.15, -0.1) is 0 Å². The van der Waals surface area contributed by atoms with Gasteiger partial charge in [-0.2, -0.15) is 0 Å². The quantitative estimate of drug-likeness (QED) is 0.878. The Morgan fingerprint density at radius 2 is 1.79 bits per heavy atom. The van der Waals surface area contributed by atoms with E-state index in [0.29, 0.717) is 17.0 Å². The minimum Gasteiger partial charge on any atom is -0.482 e. The zero-order valence-electron chi connectivity index (χ0n) is 14.0. The Labute approximate surface area is 141 Å². The molecule has 0 heterocycles. The number of carbonyl (C=O) groups excluding carboxylic acids is 1. The Bertz CT molecular complexity index is 747. The van der Waals surface area contributed by atoms with E-state index in [-0.39, 0.29) is 11.3 Å². The molecule has 0 aliphatic rings. The van der Waals surface area contributed by atoms with Crippen molar-refractivity contribution in [2.45, 2.75) is 26.2 Å². The number of hydrogen-bond acceptors (Lipinski definition) is 3. The minimum absolute atomic E-state index is 0.152. The molecule has 2 aromatic carbocycles. The molecular weight excluding hydrogens is 306 g/mol. The molecule has 126 valence electrons. The SMILES string of the molecule is CC(C)(C)c1ccccc1C(=O)Nc1cccc(OCC(=O)O)c1. The molecule has 0 aliphatic heterocycles. The molecule has 1 amide bonds. The van der Waals surface area contributed by atoms with E-state index in [0.717, 1.165) is 5.56 Å². The average Bonchev–Trinajstić information content (AvgIpc) is 2.52. The number of benzene rings is 2. The van der Waals surface area contributed by atoms with Crippen molar-refractivity contribution in [3.05, 3.63) is 59.7 Å². The van der Waals surface area contributed by atoms with Gasteiger partial charge in [0.1, 0.15) is 5.75 Å². The van der Waals surface area contributed by atoms with Gasteiger partial charge in [0.25, 0.3) is 5.91 Å². The van der Waals surface area contributed by atoms with Crippen LogP contribution in [-0.4, -0.2) is 23.6 Å². The summed E-state index contributed by atoms with van der Waals surface area (Å²) in [6, 6.07) is 14.1.